The van der Waals surface area contributed by atoms with Gasteiger partial charge in [-0.25, -0.2) is 0 Å². The van der Waals surface area contributed by atoms with Gasteiger partial charge in [-0.2, -0.15) is 72.3 Å². The number of thioether (sulfide) groups is 4. The predicted octanol–water partition coefficient (Wildman–Crippen LogP) is 5.09. The highest BCUT2D eigenvalue weighted by molar-refractivity contribution is 8.07. The van der Waals surface area contributed by atoms with E-state index in [1.54, 1.807) is 0 Å². The largest absolute Gasteiger partial charge is 0.175 e. The summed E-state index contributed by atoms with van der Waals surface area (Å²) in [7, 11) is 0. The molecule has 0 radical (unpaired) electrons. The van der Waals surface area contributed by atoms with Gasteiger partial charge in [-0.3, -0.25) is 0 Å². The van der Waals surface area contributed by atoms with Crippen molar-refractivity contribution in [2.45, 2.75) is 47.7 Å². The van der Waals surface area contributed by atoms with Gasteiger partial charge >= 0.3 is 0 Å². The Morgan fingerprint density at radius 3 is 1.60 bits per heavy atom. The molecule has 1 aliphatic heterocycles. The van der Waals surface area contributed by atoms with Crippen LogP contribution in [0.3, 0.4) is 0 Å². The lowest BCUT2D eigenvalue weighted by Gasteiger charge is -2.27. The minimum Gasteiger partial charge on any atom is -0.175 e. The number of hydrogen-bond donors (Lipinski definition) is 2. The van der Waals surface area contributed by atoms with Crippen LogP contribution < -0.4 is 0 Å². The molecular weight excluding hydrogens is 361 g/mol. The second kappa shape index (κ2) is 12.5. The molecule has 0 aromatic heterocycles. The Bertz CT molecular complexity index is 202. The molecule has 1 saturated heterocycles. The van der Waals surface area contributed by atoms with Crippen LogP contribution in [0, 0.1) is 0 Å². The summed E-state index contributed by atoms with van der Waals surface area (Å²) >= 11 is 17.4. The van der Waals surface area contributed by atoms with Gasteiger partial charge < -0.3 is 0 Å². The van der Waals surface area contributed by atoms with Crippen molar-refractivity contribution in [3.63, 3.8) is 0 Å². The first kappa shape index (κ1) is 20.1. The predicted molar refractivity (Wildman–Crippen MR) is 113 cm³/mol. The zero-order valence-corrected chi connectivity index (χ0v) is 17.5. The van der Waals surface area contributed by atoms with Crippen LogP contribution in [-0.2, 0) is 0 Å². The highest BCUT2D eigenvalue weighted by atomic mass is 32.2. The number of rotatable bonds is 10. The van der Waals surface area contributed by atoms with Crippen molar-refractivity contribution in [2.75, 3.05) is 34.5 Å². The van der Waals surface area contributed by atoms with Gasteiger partial charge in [0.05, 0.1) is 0 Å². The lowest BCUT2D eigenvalue weighted by atomic mass is 10.3. The van der Waals surface area contributed by atoms with E-state index in [2.05, 4.69) is 86.2 Å². The highest BCUT2D eigenvalue weighted by Crippen LogP contribution is 2.34. The van der Waals surface area contributed by atoms with E-state index < -0.39 is 0 Å². The van der Waals surface area contributed by atoms with Crippen LogP contribution in [0.1, 0.15) is 26.7 Å². The molecule has 6 heteroatoms. The molecule has 0 N–H and O–H groups in total. The van der Waals surface area contributed by atoms with E-state index in [1.165, 1.54) is 47.4 Å². The van der Waals surface area contributed by atoms with Crippen molar-refractivity contribution in [3.05, 3.63) is 0 Å². The zero-order chi connectivity index (χ0) is 14.8. The highest BCUT2D eigenvalue weighted by Gasteiger charge is 2.21. The number of thiol groups is 2. The Labute approximate surface area is 153 Å². The van der Waals surface area contributed by atoms with Gasteiger partial charge in [0.15, 0.2) is 0 Å². The van der Waals surface area contributed by atoms with Gasteiger partial charge in [-0.15, -0.1) is 0 Å². The zero-order valence-electron chi connectivity index (χ0n) is 12.5. The Balaban J connectivity index is 1.97. The third-order valence-corrected chi connectivity index (χ3v) is 9.66. The van der Waals surface area contributed by atoms with E-state index >= 15 is 0 Å². The maximum atomic E-state index is 4.43. The Morgan fingerprint density at radius 1 is 0.900 bits per heavy atom. The molecule has 120 valence electrons. The molecule has 20 heavy (non-hydrogen) atoms. The van der Waals surface area contributed by atoms with Crippen molar-refractivity contribution in [1.29, 1.82) is 0 Å². The summed E-state index contributed by atoms with van der Waals surface area (Å²) in [6, 6.07) is 0. The van der Waals surface area contributed by atoms with Gasteiger partial charge in [-0.05, 0) is 24.3 Å². The first-order valence-electron chi connectivity index (χ1n) is 7.32. The van der Waals surface area contributed by atoms with Gasteiger partial charge in [-0.1, -0.05) is 13.8 Å². The second-order valence-electron chi connectivity index (χ2n) is 5.34. The van der Waals surface area contributed by atoms with E-state index in [-0.39, 0.29) is 0 Å². The van der Waals surface area contributed by atoms with Crippen LogP contribution >= 0.6 is 72.3 Å². The van der Waals surface area contributed by atoms with Crippen molar-refractivity contribution in [1.82, 2.24) is 0 Å². The average Bonchev–Trinajstić information content (AvgIpc) is 2.41. The molecule has 0 aliphatic carbocycles. The average molecular weight is 389 g/mol. The molecule has 4 unspecified atom stereocenters. The third-order valence-electron chi connectivity index (χ3n) is 2.92. The molecule has 0 nitrogen and oxygen atoms in total. The van der Waals surface area contributed by atoms with Gasteiger partial charge in [0.25, 0.3) is 0 Å². The van der Waals surface area contributed by atoms with Crippen LogP contribution in [0.15, 0.2) is 0 Å². The summed E-state index contributed by atoms with van der Waals surface area (Å²) < 4.78 is 0. The first-order valence-corrected chi connectivity index (χ1v) is 12.8. The molecule has 1 fully saturated rings. The standard InChI is InChI=1S/C14H28S6/c1-11(15)7-17-5-3-13-9-20-14(10-19-13)4-6-18-8-12(2)16/h11-16H,3-10H2,1-2H3. The topological polar surface area (TPSA) is 0 Å². The fourth-order valence-corrected chi connectivity index (χ4v) is 7.82. The smallest absolute Gasteiger partial charge is 0.0146 e. The van der Waals surface area contributed by atoms with E-state index in [0.717, 1.165) is 10.5 Å². The lowest BCUT2D eigenvalue weighted by Crippen LogP contribution is -2.22. The van der Waals surface area contributed by atoms with E-state index in [9.17, 15) is 0 Å². The van der Waals surface area contributed by atoms with Crippen LogP contribution in [0.2, 0.25) is 0 Å². The summed E-state index contributed by atoms with van der Waals surface area (Å²) in [5.74, 6) is 7.72. The fourth-order valence-electron chi connectivity index (χ4n) is 1.85. The van der Waals surface area contributed by atoms with Crippen LogP contribution in [0.25, 0.3) is 0 Å². The summed E-state index contributed by atoms with van der Waals surface area (Å²) in [5.41, 5.74) is 0. The van der Waals surface area contributed by atoms with Crippen molar-refractivity contribution < 1.29 is 0 Å². The van der Waals surface area contributed by atoms with E-state index in [4.69, 9.17) is 0 Å². The molecule has 0 aromatic rings. The maximum absolute atomic E-state index is 4.43. The minimum atomic E-state index is 0.537. The fraction of sp³-hybridized carbons (Fsp3) is 1.00. The summed E-state index contributed by atoms with van der Waals surface area (Å²) in [4.78, 5) is 0. The first-order chi connectivity index (χ1) is 9.58. The second-order valence-corrected chi connectivity index (χ2v) is 12.1. The van der Waals surface area contributed by atoms with Crippen LogP contribution in [0.5, 0.6) is 0 Å². The normalized spacial score (nSPS) is 26.4. The molecular formula is C14H28S6. The minimum absolute atomic E-state index is 0.537. The molecule has 0 saturated carbocycles. The Kier molecular flexibility index (Phi) is 12.6. The Hall–Kier alpha value is 2.10. The lowest BCUT2D eigenvalue weighted by molar-refractivity contribution is 0.870. The number of hydrogen-bond acceptors (Lipinski definition) is 6. The van der Waals surface area contributed by atoms with E-state index in [0.29, 0.717) is 10.5 Å². The van der Waals surface area contributed by atoms with E-state index in [1.807, 2.05) is 0 Å². The van der Waals surface area contributed by atoms with Crippen LogP contribution in [0.4, 0.5) is 0 Å². The monoisotopic (exact) mass is 388 g/mol. The van der Waals surface area contributed by atoms with Gasteiger partial charge in [0.1, 0.15) is 0 Å². The van der Waals surface area contributed by atoms with Crippen molar-refractivity contribution in [3.8, 4) is 0 Å². The molecule has 0 amide bonds. The molecule has 0 bridgehead atoms. The molecule has 0 spiro atoms. The van der Waals surface area contributed by atoms with Crippen molar-refractivity contribution in [2.24, 2.45) is 0 Å². The van der Waals surface area contributed by atoms with Gasteiger partial charge in [0, 0.05) is 44.0 Å². The molecule has 1 heterocycles. The molecule has 0 aromatic carbocycles. The van der Waals surface area contributed by atoms with Crippen LogP contribution in [-0.4, -0.2) is 55.5 Å². The Morgan fingerprint density at radius 2 is 1.30 bits per heavy atom. The third kappa shape index (κ3) is 10.8. The summed E-state index contributed by atoms with van der Waals surface area (Å²) in [6.07, 6.45) is 2.75. The molecule has 1 aliphatic rings. The summed E-state index contributed by atoms with van der Waals surface area (Å²) in [6.45, 7) is 4.36. The molecule has 1 rings (SSSR count). The maximum Gasteiger partial charge on any atom is 0.0146 e. The summed E-state index contributed by atoms with van der Waals surface area (Å²) in [5, 5.41) is 2.86. The quantitative estimate of drug-likeness (QED) is 0.395. The SMILES string of the molecule is CC(S)CSCCC1CSC(CCSCC(C)S)CS1. The van der Waals surface area contributed by atoms with Crippen molar-refractivity contribution >= 4 is 72.3 Å². The molecule has 4 atom stereocenters. The van der Waals surface area contributed by atoms with Gasteiger partial charge in [0.2, 0.25) is 0 Å².